The minimum Gasteiger partial charge on any atom is -0.467 e. The number of amides is 1. The van der Waals surface area contributed by atoms with Crippen molar-refractivity contribution in [2.75, 3.05) is 10.6 Å². The number of carbonyl (C=O) groups is 1. The van der Waals surface area contributed by atoms with Crippen molar-refractivity contribution in [2.45, 2.75) is 46.1 Å². The molecule has 0 aliphatic rings. The average Bonchev–Trinajstić information content (AvgIpc) is 3.20. The molecular formula is C22H26N4O2. The number of furan rings is 1. The Morgan fingerprint density at radius 3 is 2.36 bits per heavy atom. The number of anilines is 2. The van der Waals surface area contributed by atoms with Crippen LogP contribution in [-0.2, 0) is 6.54 Å². The maximum Gasteiger partial charge on any atom is 0.274 e. The second kappa shape index (κ2) is 8.69. The second-order valence-electron chi connectivity index (χ2n) is 7.30. The van der Waals surface area contributed by atoms with Crippen LogP contribution in [0, 0.1) is 0 Å². The van der Waals surface area contributed by atoms with Gasteiger partial charge < -0.3 is 15.1 Å². The van der Waals surface area contributed by atoms with Gasteiger partial charge in [-0.2, -0.15) is 0 Å². The Kier molecular flexibility index (Phi) is 6.09. The van der Waals surface area contributed by atoms with Crippen LogP contribution < -0.4 is 10.6 Å². The molecule has 0 unspecified atom stereocenters. The number of para-hydroxylation sites is 1. The largest absolute Gasteiger partial charge is 0.467 e. The third kappa shape index (κ3) is 4.57. The highest BCUT2D eigenvalue weighted by Gasteiger charge is 2.17. The van der Waals surface area contributed by atoms with Crippen molar-refractivity contribution in [1.82, 2.24) is 9.97 Å². The first-order valence-corrected chi connectivity index (χ1v) is 9.48. The second-order valence-corrected chi connectivity index (χ2v) is 7.30. The first-order valence-electron chi connectivity index (χ1n) is 9.48. The van der Waals surface area contributed by atoms with Gasteiger partial charge in [-0.25, -0.2) is 9.97 Å². The van der Waals surface area contributed by atoms with Gasteiger partial charge in [-0.15, -0.1) is 0 Å². The lowest BCUT2D eigenvalue weighted by atomic mass is 9.92. The van der Waals surface area contributed by atoms with E-state index in [-0.39, 0.29) is 5.91 Å². The van der Waals surface area contributed by atoms with Crippen LogP contribution in [0.5, 0.6) is 0 Å². The van der Waals surface area contributed by atoms with Crippen LogP contribution in [0.2, 0.25) is 0 Å². The van der Waals surface area contributed by atoms with Crippen LogP contribution in [-0.4, -0.2) is 15.9 Å². The van der Waals surface area contributed by atoms with Crippen LogP contribution in [0.25, 0.3) is 0 Å². The number of hydrogen-bond acceptors (Lipinski definition) is 5. The molecule has 2 heterocycles. The molecule has 3 aromatic rings. The molecule has 146 valence electrons. The topological polar surface area (TPSA) is 80.0 Å². The van der Waals surface area contributed by atoms with Crippen molar-refractivity contribution >= 4 is 17.4 Å². The SMILES string of the molecule is CC(C)c1cccc(C(C)C)c1NC(=O)c1cc(NCc2ccco2)ncn1. The summed E-state index contributed by atoms with van der Waals surface area (Å²) in [6, 6.07) is 11.5. The summed E-state index contributed by atoms with van der Waals surface area (Å²) in [6.07, 6.45) is 3.01. The van der Waals surface area contributed by atoms with Crippen LogP contribution in [0.3, 0.4) is 0 Å². The molecule has 6 heteroatoms. The predicted molar refractivity (Wildman–Crippen MR) is 111 cm³/mol. The first kappa shape index (κ1) is 19.6. The minimum atomic E-state index is -0.251. The molecule has 0 aliphatic carbocycles. The predicted octanol–water partition coefficient (Wildman–Crippen LogP) is 5.18. The molecule has 2 aromatic heterocycles. The fraction of sp³-hybridized carbons (Fsp3) is 0.318. The normalized spacial score (nSPS) is 11.1. The van der Waals surface area contributed by atoms with Crippen LogP contribution in [0.1, 0.15) is 66.9 Å². The van der Waals surface area contributed by atoms with E-state index in [1.54, 1.807) is 12.3 Å². The van der Waals surface area contributed by atoms with E-state index in [0.29, 0.717) is 29.9 Å². The van der Waals surface area contributed by atoms with Gasteiger partial charge in [-0.3, -0.25) is 4.79 Å². The Bertz CT molecular complexity index is 907. The molecular weight excluding hydrogens is 352 g/mol. The Labute approximate surface area is 165 Å². The zero-order valence-corrected chi connectivity index (χ0v) is 16.7. The van der Waals surface area contributed by atoms with Crippen molar-refractivity contribution in [1.29, 1.82) is 0 Å². The molecule has 6 nitrogen and oxygen atoms in total. The van der Waals surface area contributed by atoms with Gasteiger partial charge >= 0.3 is 0 Å². The van der Waals surface area contributed by atoms with Crippen molar-refractivity contribution in [2.24, 2.45) is 0 Å². The third-order valence-electron chi connectivity index (χ3n) is 4.54. The van der Waals surface area contributed by atoms with E-state index in [2.05, 4.69) is 60.4 Å². The quantitative estimate of drug-likeness (QED) is 0.592. The molecule has 0 saturated carbocycles. The average molecular weight is 378 g/mol. The molecule has 0 radical (unpaired) electrons. The van der Waals surface area contributed by atoms with Gasteiger partial charge in [0.25, 0.3) is 5.91 Å². The Morgan fingerprint density at radius 2 is 1.75 bits per heavy atom. The molecule has 3 rings (SSSR count). The van der Waals surface area contributed by atoms with Gasteiger partial charge in [-0.05, 0) is 35.1 Å². The fourth-order valence-electron chi connectivity index (χ4n) is 3.04. The van der Waals surface area contributed by atoms with Crippen molar-refractivity contribution in [3.05, 3.63) is 71.6 Å². The maximum absolute atomic E-state index is 12.9. The van der Waals surface area contributed by atoms with E-state index in [9.17, 15) is 4.79 Å². The maximum atomic E-state index is 12.9. The minimum absolute atomic E-state index is 0.251. The summed E-state index contributed by atoms with van der Waals surface area (Å²) in [4.78, 5) is 21.2. The van der Waals surface area contributed by atoms with Gasteiger partial charge in [0.1, 0.15) is 23.6 Å². The molecule has 28 heavy (non-hydrogen) atoms. The lowest BCUT2D eigenvalue weighted by Crippen LogP contribution is -2.17. The Balaban J connectivity index is 1.81. The number of carbonyl (C=O) groups excluding carboxylic acids is 1. The molecule has 0 bridgehead atoms. The lowest BCUT2D eigenvalue weighted by Gasteiger charge is -2.20. The zero-order chi connectivity index (χ0) is 20.1. The first-order chi connectivity index (χ1) is 13.5. The van der Waals surface area contributed by atoms with Crippen molar-refractivity contribution < 1.29 is 9.21 Å². The number of rotatable bonds is 7. The standard InChI is InChI=1S/C22H26N4O2/c1-14(2)17-8-5-9-18(15(3)4)21(17)26-22(27)19-11-20(25-13-24-19)23-12-16-7-6-10-28-16/h5-11,13-15H,12H2,1-4H3,(H,26,27)(H,23,24,25). The van der Waals surface area contributed by atoms with E-state index in [1.165, 1.54) is 6.33 Å². The van der Waals surface area contributed by atoms with E-state index in [4.69, 9.17) is 4.42 Å². The van der Waals surface area contributed by atoms with E-state index in [0.717, 1.165) is 22.6 Å². The fourth-order valence-corrected chi connectivity index (χ4v) is 3.04. The highest BCUT2D eigenvalue weighted by Crippen LogP contribution is 2.32. The van der Waals surface area contributed by atoms with E-state index in [1.807, 2.05) is 18.2 Å². The van der Waals surface area contributed by atoms with Gasteiger partial charge in [0, 0.05) is 11.8 Å². The third-order valence-corrected chi connectivity index (χ3v) is 4.54. The number of aromatic nitrogens is 2. The molecule has 1 amide bonds. The van der Waals surface area contributed by atoms with Crippen LogP contribution in [0.15, 0.2) is 53.4 Å². The highest BCUT2D eigenvalue weighted by molar-refractivity contribution is 6.04. The summed E-state index contributed by atoms with van der Waals surface area (Å²) >= 11 is 0. The monoisotopic (exact) mass is 378 g/mol. The number of benzene rings is 1. The number of nitrogens with zero attached hydrogens (tertiary/aromatic N) is 2. The lowest BCUT2D eigenvalue weighted by molar-refractivity contribution is 0.102. The molecule has 0 saturated heterocycles. The highest BCUT2D eigenvalue weighted by atomic mass is 16.3. The number of hydrogen-bond donors (Lipinski definition) is 2. The molecule has 0 fully saturated rings. The van der Waals surface area contributed by atoms with Crippen molar-refractivity contribution in [3.8, 4) is 0 Å². The summed E-state index contributed by atoms with van der Waals surface area (Å²) in [6.45, 7) is 8.97. The number of nitrogens with one attached hydrogen (secondary N) is 2. The summed E-state index contributed by atoms with van der Waals surface area (Å²) in [5.41, 5.74) is 3.42. The molecule has 0 aliphatic heterocycles. The van der Waals surface area contributed by atoms with Gasteiger partial charge in [0.05, 0.1) is 12.8 Å². The summed E-state index contributed by atoms with van der Waals surface area (Å²) in [5, 5.41) is 6.22. The summed E-state index contributed by atoms with van der Waals surface area (Å²) in [7, 11) is 0. The van der Waals surface area contributed by atoms with Crippen LogP contribution >= 0.6 is 0 Å². The van der Waals surface area contributed by atoms with Gasteiger partial charge in [0.15, 0.2) is 0 Å². The van der Waals surface area contributed by atoms with Gasteiger partial charge in [0.2, 0.25) is 0 Å². The zero-order valence-electron chi connectivity index (χ0n) is 16.7. The van der Waals surface area contributed by atoms with E-state index >= 15 is 0 Å². The van der Waals surface area contributed by atoms with Crippen molar-refractivity contribution in [3.63, 3.8) is 0 Å². The molecule has 2 N–H and O–H groups in total. The molecule has 0 spiro atoms. The van der Waals surface area contributed by atoms with Crippen LogP contribution in [0.4, 0.5) is 11.5 Å². The Hall–Kier alpha value is -3.15. The summed E-state index contributed by atoms with van der Waals surface area (Å²) in [5.74, 6) is 1.70. The Morgan fingerprint density at radius 1 is 1.04 bits per heavy atom. The smallest absolute Gasteiger partial charge is 0.274 e. The van der Waals surface area contributed by atoms with E-state index < -0.39 is 0 Å². The summed E-state index contributed by atoms with van der Waals surface area (Å²) < 4.78 is 5.30. The van der Waals surface area contributed by atoms with Gasteiger partial charge in [-0.1, -0.05) is 45.9 Å². The molecule has 0 atom stereocenters. The molecule has 1 aromatic carbocycles.